The smallest absolute Gasteiger partial charge is 0.134 e. The number of furan rings is 1. The van der Waals surface area contributed by atoms with Gasteiger partial charge < -0.3 is 8.97 Å². The molecule has 0 spiro atoms. The molecule has 4 nitrogen and oxygen atoms in total. The topological polar surface area (TPSA) is 70.3 Å². The maximum atomic E-state index is 10.8. The molecule has 1 aromatic heterocycles. The van der Waals surface area contributed by atoms with E-state index in [2.05, 4.69) is 0 Å². The standard InChI is InChI=1S/C10H10O4S/c1-6-7(2)14-10-4-3-8(5-9(6)10)15(11,12)13/h3-5H,1-2H3,(H,11,12,13)/p-1. The summed E-state index contributed by atoms with van der Waals surface area (Å²) in [6, 6.07) is 4.11. The van der Waals surface area contributed by atoms with E-state index in [-0.39, 0.29) is 4.90 Å². The van der Waals surface area contributed by atoms with Crippen LogP contribution in [0.25, 0.3) is 11.0 Å². The number of hydrogen-bond acceptors (Lipinski definition) is 4. The molecule has 0 aliphatic heterocycles. The molecule has 2 aromatic rings. The highest BCUT2D eigenvalue weighted by Gasteiger charge is 2.09. The van der Waals surface area contributed by atoms with Gasteiger partial charge in [0.2, 0.25) is 0 Å². The molecule has 80 valence electrons. The summed E-state index contributed by atoms with van der Waals surface area (Å²) in [4.78, 5) is -0.223. The molecule has 15 heavy (non-hydrogen) atoms. The third-order valence-electron chi connectivity index (χ3n) is 2.43. The number of benzene rings is 1. The molecule has 0 unspecified atom stereocenters. The maximum Gasteiger partial charge on any atom is 0.134 e. The number of fused-ring (bicyclic) bond motifs is 1. The summed E-state index contributed by atoms with van der Waals surface area (Å²) in [5, 5.41) is 0.671. The van der Waals surface area contributed by atoms with Gasteiger partial charge in [0.05, 0.1) is 4.90 Å². The Balaban J connectivity index is 2.81. The molecule has 0 atom stereocenters. The predicted octanol–water partition coefficient (Wildman–Crippen LogP) is 1.95. The van der Waals surface area contributed by atoms with E-state index in [4.69, 9.17) is 4.42 Å². The Morgan fingerprint density at radius 3 is 2.53 bits per heavy atom. The molecule has 0 bridgehead atoms. The summed E-state index contributed by atoms with van der Waals surface area (Å²) >= 11 is 0. The van der Waals surface area contributed by atoms with Crippen molar-refractivity contribution in [3.63, 3.8) is 0 Å². The Bertz CT molecular complexity index is 622. The average Bonchev–Trinajstić information content (AvgIpc) is 2.41. The average molecular weight is 225 g/mol. The molecule has 0 aliphatic rings. The molecule has 2 rings (SSSR count). The van der Waals surface area contributed by atoms with Crippen LogP contribution in [-0.4, -0.2) is 13.0 Å². The molecule has 0 saturated heterocycles. The molecule has 0 saturated carbocycles. The molecular formula is C10H9O4S-. The predicted molar refractivity (Wildman–Crippen MR) is 53.7 cm³/mol. The Kier molecular flexibility index (Phi) is 2.09. The minimum atomic E-state index is -4.39. The van der Waals surface area contributed by atoms with Gasteiger partial charge in [-0.05, 0) is 37.6 Å². The van der Waals surface area contributed by atoms with Crippen molar-refractivity contribution < 1.29 is 17.4 Å². The van der Waals surface area contributed by atoms with Crippen molar-refractivity contribution in [1.29, 1.82) is 0 Å². The van der Waals surface area contributed by atoms with Crippen LogP contribution in [0, 0.1) is 13.8 Å². The van der Waals surface area contributed by atoms with E-state index in [1.807, 2.05) is 6.92 Å². The van der Waals surface area contributed by atoms with Gasteiger partial charge in [-0.3, -0.25) is 0 Å². The van der Waals surface area contributed by atoms with Crippen LogP contribution < -0.4 is 0 Å². The molecule has 1 aromatic carbocycles. The first-order valence-corrected chi connectivity index (χ1v) is 5.76. The summed E-state index contributed by atoms with van der Waals surface area (Å²) in [6.07, 6.45) is 0. The van der Waals surface area contributed by atoms with Gasteiger partial charge >= 0.3 is 0 Å². The molecule has 1 heterocycles. The van der Waals surface area contributed by atoms with E-state index in [0.717, 1.165) is 11.3 Å². The lowest BCUT2D eigenvalue weighted by Gasteiger charge is -2.05. The van der Waals surface area contributed by atoms with Crippen molar-refractivity contribution in [2.24, 2.45) is 0 Å². The van der Waals surface area contributed by atoms with Crippen LogP contribution in [0.5, 0.6) is 0 Å². The minimum absolute atomic E-state index is 0.223. The van der Waals surface area contributed by atoms with E-state index in [9.17, 15) is 13.0 Å². The first-order valence-electron chi connectivity index (χ1n) is 4.35. The van der Waals surface area contributed by atoms with Crippen molar-refractivity contribution in [2.75, 3.05) is 0 Å². The molecule has 0 fully saturated rings. The second kappa shape index (κ2) is 3.08. The summed E-state index contributed by atoms with van der Waals surface area (Å²) < 4.78 is 37.8. The molecule has 0 N–H and O–H groups in total. The van der Waals surface area contributed by atoms with Crippen molar-refractivity contribution in [3.05, 3.63) is 29.5 Å². The highest BCUT2D eigenvalue weighted by atomic mass is 32.2. The lowest BCUT2D eigenvalue weighted by atomic mass is 10.1. The first kappa shape index (κ1) is 10.2. The van der Waals surface area contributed by atoms with Crippen LogP contribution >= 0.6 is 0 Å². The van der Waals surface area contributed by atoms with E-state index >= 15 is 0 Å². The quantitative estimate of drug-likeness (QED) is 0.695. The van der Waals surface area contributed by atoms with Crippen LogP contribution in [0.1, 0.15) is 11.3 Å². The number of aryl methyl sites for hydroxylation is 2. The van der Waals surface area contributed by atoms with E-state index in [0.29, 0.717) is 11.0 Å². The molecular weight excluding hydrogens is 216 g/mol. The second-order valence-electron chi connectivity index (χ2n) is 3.40. The van der Waals surface area contributed by atoms with Crippen molar-refractivity contribution in [1.82, 2.24) is 0 Å². The zero-order valence-electron chi connectivity index (χ0n) is 8.27. The van der Waals surface area contributed by atoms with Crippen LogP contribution in [-0.2, 0) is 10.1 Å². The van der Waals surface area contributed by atoms with E-state index < -0.39 is 10.1 Å². The van der Waals surface area contributed by atoms with Crippen LogP contribution in [0.4, 0.5) is 0 Å². The SMILES string of the molecule is Cc1oc2ccc(S(=O)(=O)[O-])cc2c1C. The molecule has 5 heteroatoms. The zero-order chi connectivity index (χ0) is 11.2. The van der Waals surface area contributed by atoms with Gasteiger partial charge in [0.25, 0.3) is 0 Å². The molecule has 0 amide bonds. The third-order valence-corrected chi connectivity index (χ3v) is 3.27. The Labute approximate surface area is 87.3 Å². The highest BCUT2D eigenvalue weighted by molar-refractivity contribution is 7.85. The minimum Gasteiger partial charge on any atom is -0.744 e. The summed E-state index contributed by atoms with van der Waals surface area (Å²) in [5.74, 6) is 0.727. The number of rotatable bonds is 1. The first-order chi connectivity index (χ1) is 6.89. The van der Waals surface area contributed by atoms with Gasteiger partial charge in [-0.25, -0.2) is 8.42 Å². The fraction of sp³-hybridized carbons (Fsp3) is 0.200. The van der Waals surface area contributed by atoms with E-state index in [1.165, 1.54) is 18.2 Å². The fourth-order valence-corrected chi connectivity index (χ4v) is 1.97. The summed E-state index contributed by atoms with van der Waals surface area (Å²) in [6.45, 7) is 3.61. The van der Waals surface area contributed by atoms with Gasteiger partial charge in [-0.15, -0.1) is 0 Å². The van der Waals surface area contributed by atoms with Gasteiger partial charge in [-0.2, -0.15) is 0 Å². The lowest BCUT2D eigenvalue weighted by molar-refractivity contribution is 0.463. The van der Waals surface area contributed by atoms with Gasteiger partial charge in [0.1, 0.15) is 21.5 Å². The van der Waals surface area contributed by atoms with Gasteiger partial charge in [-0.1, -0.05) is 0 Å². The number of hydrogen-bond donors (Lipinski definition) is 0. The third kappa shape index (κ3) is 1.64. The van der Waals surface area contributed by atoms with E-state index in [1.54, 1.807) is 6.92 Å². The highest BCUT2D eigenvalue weighted by Crippen LogP contribution is 2.26. The Hall–Kier alpha value is -1.33. The van der Waals surface area contributed by atoms with Crippen LogP contribution in [0.3, 0.4) is 0 Å². The van der Waals surface area contributed by atoms with Crippen LogP contribution in [0.15, 0.2) is 27.5 Å². The maximum absolute atomic E-state index is 10.8. The summed E-state index contributed by atoms with van der Waals surface area (Å²) in [5.41, 5.74) is 1.45. The Morgan fingerprint density at radius 1 is 1.27 bits per heavy atom. The summed E-state index contributed by atoms with van der Waals surface area (Å²) in [7, 11) is -4.39. The van der Waals surface area contributed by atoms with Gasteiger partial charge in [0, 0.05) is 5.39 Å². The van der Waals surface area contributed by atoms with Crippen molar-refractivity contribution >= 4 is 21.1 Å². The fourth-order valence-electron chi connectivity index (χ4n) is 1.48. The second-order valence-corrected chi connectivity index (χ2v) is 4.77. The normalized spacial score (nSPS) is 12.2. The largest absolute Gasteiger partial charge is 0.744 e. The van der Waals surface area contributed by atoms with Crippen LogP contribution in [0.2, 0.25) is 0 Å². The monoisotopic (exact) mass is 225 g/mol. The van der Waals surface area contributed by atoms with Crippen molar-refractivity contribution in [3.8, 4) is 0 Å². The molecule has 0 aliphatic carbocycles. The van der Waals surface area contributed by atoms with Crippen molar-refractivity contribution in [2.45, 2.75) is 18.7 Å². The van der Waals surface area contributed by atoms with Gasteiger partial charge in [0.15, 0.2) is 0 Å². The molecule has 0 radical (unpaired) electrons. The Morgan fingerprint density at radius 2 is 1.93 bits per heavy atom. The zero-order valence-corrected chi connectivity index (χ0v) is 9.09. The lowest BCUT2D eigenvalue weighted by Crippen LogP contribution is -1.97.